The Labute approximate surface area is 176 Å². The van der Waals surface area contributed by atoms with Crippen LogP contribution < -0.4 is 15.0 Å². The lowest BCUT2D eigenvalue weighted by atomic mass is 10.0. The quantitative estimate of drug-likeness (QED) is 0.603. The highest BCUT2D eigenvalue weighted by molar-refractivity contribution is 7.17. The Morgan fingerprint density at radius 1 is 1.20 bits per heavy atom. The minimum atomic E-state index is -0.721. The molecule has 0 saturated heterocycles. The number of para-hydroxylation sites is 1. The summed E-state index contributed by atoms with van der Waals surface area (Å²) in [6.45, 7) is 0.574. The largest absolute Gasteiger partial charge is 0.464 e. The normalized spacial score (nSPS) is 12.8. The van der Waals surface area contributed by atoms with Gasteiger partial charge in [-0.25, -0.2) is 19.0 Å². The highest BCUT2D eigenvalue weighted by atomic mass is 32.1. The van der Waals surface area contributed by atoms with Crippen molar-refractivity contribution in [2.75, 3.05) is 23.9 Å². The van der Waals surface area contributed by atoms with Crippen LogP contribution in [0.2, 0.25) is 0 Å². The van der Waals surface area contributed by atoms with E-state index in [2.05, 4.69) is 10.3 Å². The molecule has 0 unspecified atom stereocenters. The van der Waals surface area contributed by atoms with Crippen LogP contribution in [0.3, 0.4) is 0 Å². The highest BCUT2D eigenvalue weighted by Gasteiger charge is 2.26. The zero-order chi connectivity index (χ0) is 21.1. The second-order valence-electron chi connectivity index (χ2n) is 6.52. The standard InChI is InChI=1S/C21H18FN3O4S/c1-28-18(26)17-19(29-15-9-4-8-14(22)12-15)30-20(23-17)24-21(27)25-11-5-7-13-6-2-3-10-16(13)25/h2-4,6,8-10,12H,5,7,11H2,1H3,(H,23,24,27). The number of rotatable bonds is 4. The van der Waals surface area contributed by atoms with Crippen LogP contribution >= 0.6 is 11.3 Å². The highest BCUT2D eigenvalue weighted by Crippen LogP contribution is 2.36. The van der Waals surface area contributed by atoms with Gasteiger partial charge in [-0.2, -0.15) is 0 Å². The number of nitrogens with one attached hydrogen (secondary N) is 1. The van der Waals surface area contributed by atoms with Crippen molar-refractivity contribution in [1.29, 1.82) is 0 Å². The molecule has 154 valence electrons. The number of hydrogen-bond acceptors (Lipinski definition) is 6. The molecule has 0 bridgehead atoms. The first-order chi connectivity index (χ1) is 14.5. The fourth-order valence-electron chi connectivity index (χ4n) is 3.20. The van der Waals surface area contributed by atoms with Gasteiger partial charge >= 0.3 is 12.0 Å². The molecule has 2 aromatic carbocycles. The zero-order valence-electron chi connectivity index (χ0n) is 16.1. The van der Waals surface area contributed by atoms with E-state index in [9.17, 15) is 14.0 Å². The van der Waals surface area contributed by atoms with E-state index in [4.69, 9.17) is 9.47 Å². The van der Waals surface area contributed by atoms with Crippen molar-refractivity contribution in [2.45, 2.75) is 12.8 Å². The summed E-state index contributed by atoms with van der Waals surface area (Å²) < 4.78 is 23.8. The van der Waals surface area contributed by atoms with Crippen molar-refractivity contribution in [3.63, 3.8) is 0 Å². The molecule has 9 heteroatoms. The molecule has 2 heterocycles. The van der Waals surface area contributed by atoms with Crippen LogP contribution in [0, 0.1) is 5.82 Å². The van der Waals surface area contributed by atoms with Crippen LogP contribution in [-0.2, 0) is 11.2 Å². The van der Waals surface area contributed by atoms with Gasteiger partial charge in [0.25, 0.3) is 0 Å². The molecule has 0 atom stereocenters. The van der Waals surface area contributed by atoms with Crippen molar-refractivity contribution in [3.8, 4) is 10.8 Å². The van der Waals surface area contributed by atoms with Gasteiger partial charge in [0, 0.05) is 18.3 Å². The van der Waals surface area contributed by atoms with Crippen molar-refractivity contribution in [2.24, 2.45) is 0 Å². The van der Waals surface area contributed by atoms with Gasteiger partial charge < -0.3 is 9.47 Å². The Hall–Kier alpha value is -3.46. The predicted molar refractivity (Wildman–Crippen MR) is 111 cm³/mol. The van der Waals surface area contributed by atoms with Crippen LogP contribution in [0.1, 0.15) is 22.5 Å². The third kappa shape index (κ3) is 4.11. The minimum absolute atomic E-state index is 0.0962. The predicted octanol–water partition coefficient (Wildman–Crippen LogP) is 4.85. The summed E-state index contributed by atoms with van der Waals surface area (Å²) in [6.07, 6.45) is 1.76. The van der Waals surface area contributed by atoms with E-state index in [1.807, 2.05) is 24.3 Å². The van der Waals surface area contributed by atoms with Crippen LogP contribution in [0.15, 0.2) is 48.5 Å². The molecule has 3 aromatic rings. The van der Waals surface area contributed by atoms with Gasteiger partial charge in [-0.3, -0.25) is 10.2 Å². The first kappa shape index (κ1) is 19.8. The number of carbonyl (C=O) groups excluding carboxylic acids is 2. The van der Waals surface area contributed by atoms with Gasteiger partial charge in [0.2, 0.25) is 10.8 Å². The third-order valence-corrected chi connectivity index (χ3v) is 5.40. The van der Waals surface area contributed by atoms with Gasteiger partial charge in [-0.1, -0.05) is 35.6 Å². The van der Waals surface area contributed by atoms with E-state index in [1.54, 1.807) is 11.0 Å². The van der Waals surface area contributed by atoms with E-state index in [1.165, 1.54) is 25.3 Å². The van der Waals surface area contributed by atoms with E-state index in [0.29, 0.717) is 6.54 Å². The number of thiazole rings is 1. The number of fused-ring (bicyclic) bond motifs is 1. The molecule has 0 aliphatic carbocycles. The lowest BCUT2D eigenvalue weighted by Crippen LogP contribution is -2.38. The Morgan fingerprint density at radius 2 is 2.03 bits per heavy atom. The second-order valence-corrected chi connectivity index (χ2v) is 7.48. The molecule has 0 fully saturated rings. The second kappa shape index (κ2) is 8.50. The molecular formula is C21H18FN3O4S. The first-order valence-corrected chi connectivity index (χ1v) is 10.1. The molecule has 0 saturated carbocycles. The average molecular weight is 427 g/mol. The minimum Gasteiger partial charge on any atom is -0.464 e. The SMILES string of the molecule is COC(=O)c1nc(NC(=O)N2CCCc3ccccc32)sc1Oc1cccc(F)c1. The maximum Gasteiger partial charge on any atom is 0.361 e. The molecule has 1 aliphatic rings. The Balaban J connectivity index is 1.58. The van der Waals surface area contributed by atoms with Gasteiger partial charge in [0.15, 0.2) is 5.13 Å². The maximum atomic E-state index is 13.5. The number of aryl methyl sites for hydroxylation is 1. The fraction of sp³-hybridized carbons (Fsp3) is 0.190. The van der Waals surface area contributed by atoms with Crippen molar-refractivity contribution in [1.82, 2.24) is 4.98 Å². The van der Waals surface area contributed by atoms with Gasteiger partial charge in [-0.15, -0.1) is 0 Å². The summed E-state index contributed by atoms with van der Waals surface area (Å²) in [4.78, 5) is 30.8. The number of amides is 2. The third-order valence-electron chi connectivity index (χ3n) is 4.55. The summed E-state index contributed by atoms with van der Waals surface area (Å²) >= 11 is 0.962. The molecular weight excluding hydrogens is 409 g/mol. The first-order valence-electron chi connectivity index (χ1n) is 9.24. The van der Waals surface area contributed by atoms with Crippen molar-refractivity contribution >= 4 is 34.2 Å². The van der Waals surface area contributed by atoms with Gasteiger partial charge in [0.1, 0.15) is 11.6 Å². The molecule has 1 aromatic heterocycles. The topological polar surface area (TPSA) is 80.8 Å². The van der Waals surface area contributed by atoms with Gasteiger partial charge in [-0.05, 0) is 36.6 Å². The summed E-state index contributed by atoms with van der Waals surface area (Å²) in [7, 11) is 1.22. The molecule has 30 heavy (non-hydrogen) atoms. The molecule has 7 nitrogen and oxygen atoms in total. The maximum absolute atomic E-state index is 13.5. The lowest BCUT2D eigenvalue weighted by Gasteiger charge is -2.29. The summed E-state index contributed by atoms with van der Waals surface area (Å²) in [5.74, 6) is -0.998. The van der Waals surface area contributed by atoms with Crippen molar-refractivity contribution < 1.29 is 23.5 Å². The summed E-state index contributed by atoms with van der Waals surface area (Å²) in [5, 5.41) is 3.00. The monoisotopic (exact) mass is 427 g/mol. The molecule has 4 rings (SSSR count). The molecule has 1 aliphatic heterocycles. The van der Waals surface area contributed by atoms with E-state index in [-0.39, 0.29) is 27.7 Å². The molecule has 2 amide bonds. The molecule has 0 spiro atoms. The number of halogens is 1. The lowest BCUT2D eigenvalue weighted by molar-refractivity contribution is 0.0592. The van der Waals surface area contributed by atoms with Crippen LogP contribution in [0.5, 0.6) is 10.8 Å². The molecule has 1 N–H and O–H groups in total. The zero-order valence-corrected chi connectivity index (χ0v) is 16.9. The fourth-order valence-corrected chi connectivity index (χ4v) is 4.01. The number of esters is 1. The number of methoxy groups -OCH3 is 1. The smallest absolute Gasteiger partial charge is 0.361 e. The Morgan fingerprint density at radius 3 is 2.83 bits per heavy atom. The number of ether oxygens (including phenoxy) is 2. The van der Waals surface area contributed by atoms with E-state index < -0.39 is 11.8 Å². The van der Waals surface area contributed by atoms with Crippen molar-refractivity contribution in [3.05, 3.63) is 65.6 Å². The number of nitrogens with zero attached hydrogens (tertiary/aromatic N) is 2. The van der Waals surface area contributed by atoms with E-state index >= 15 is 0 Å². The summed E-state index contributed by atoms with van der Waals surface area (Å²) in [5.41, 5.74) is 1.85. The van der Waals surface area contributed by atoms with Crippen LogP contribution in [-0.4, -0.2) is 30.6 Å². The molecule has 0 radical (unpaired) electrons. The number of benzene rings is 2. The van der Waals surface area contributed by atoms with E-state index in [0.717, 1.165) is 35.4 Å². The average Bonchev–Trinajstić information content (AvgIpc) is 3.14. The Bertz CT molecular complexity index is 1100. The van der Waals surface area contributed by atoms with Crippen LogP contribution in [0.4, 0.5) is 20.0 Å². The Kier molecular flexibility index (Phi) is 5.62. The number of urea groups is 1. The number of aromatic nitrogens is 1. The van der Waals surface area contributed by atoms with Gasteiger partial charge in [0.05, 0.1) is 7.11 Å². The van der Waals surface area contributed by atoms with Crippen LogP contribution in [0.25, 0.3) is 0 Å². The number of carbonyl (C=O) groups is 2. The summed E-state index contributed by atoms with van der Waals surface area (Å²) in [6, 6.07) is 12.9. The number of hydrogen-bond donors (Lipinski definition) is 1. The number of anilines is 2.